The fourth-order valence-corrected chi connectivity index (χ4v) is 4.02. The van der Waals surface area contributed by atoms with E-state index < -0.39 is 5.41 Å². The zero-order valence-electron chi connectivity index (χ0n) is 16.7. The number of aromatic nitrogens is 1. The van der Waals surface area contributed by atoms with Gasteiger partial charge in [-0.1, -0.05) is 25.1 Å². The number of carbonyl (C=O) groups excluding carboxylic acids is 2. The van der Waals surface area contributed by atoms with Gasteiger partial charge in [-0.25, -0.2) is 0 Å². The number of nitrogens with one attached hydrogen (secondary N) is 2. The highest BCUT2D eigenvalue weighted by molar-refractivity contribution is 6.04. The van der Waals surface area contributed by atoms with Gasteiger partial charge in [0.25, 0.3) is 0 Å². The predicted molar refractivity (Wildman–Crippen MR) is 108 cm³/mol. The van der Waals surface area contributed by atoms with Crippen molar-refractivity contribution in [2.24, 2.45) is 5.41 Å². The number of benzene rings is 1. The summed E-state index contributed by atoms with van der Waals surface area (Å²) in [5.41, 5.74) is 1.24. The second-order valence-corrected chi connectivity index (χ2v) is 8.05. The van der Waals surface area contributed by atoms with Crippen LogP contribution in [0, 0.1) is 5.41 Å². The zero-order valence-corrected chi connectivity index (χ0v) is 16.7. The van der Waals surface area contributed by atoms with Gasteiger partial charge in [0.1, 0.15) is 5.41 Å². The Morgan fingerprint density at radius 3 is 2.81 bits per heavy atom. The van der Waals surface area contributed by atoms with Gasteiger partial charge in [-0.15, -0.1) is 0 Å². The van der Waals surface area contributed by atoms with Gasteiger partial charge in [-0.2, -0.15) is 0 Å². The van der Waals surface area contributed by atoms with E-state index in [-0.39, 0.29) is 17.9 Å². The highest BCUT2D eigenvalue weighted by atomic mass is 16.2. The summed E-state index contributed by atoms with van der Waals surface area (Å²) >= 11 is 0. The fourth-order valence-electron chi connectivity index (χ4n) is 4.02. The molecule has 1 fully saturated rings. The van der Waals surface area contributed by atoms with E-state index in [0.717, 1.165) is 37.7 Å². The van der Waals surface area contributed by atoms with Gasteiger partial charge in [0, 0.05) is 36.2 Å². The van der Waals surface area contributed by atoms with Gasteiger partial charge in [0.2, 0.25) is 11.8 Å². The lowest BCUT2D eigenvalue weighted by Crippen LogP contribution is -2.54. The summed E-state index contributed by atoms with van der Waals surface area (Å²) in [6.07, 6.45) is 6.92. The van der Waals surface area contributed by atoms with E-state index in [0.29, 0.717) is 6.54 Å². The Hall–Kier alpha value is -2.30. The van der Waals surface area contributed by atoms with Crippen molar-refractivity contribution in [3.63, 3.8) is 0 Å². The maximum Gasteiger partial charge on any atom is 0.237 e. The summed E-state index contributed by atoms with van der Waals surface area (Å²) in [5, 5.41) is 4.16. The first kappa shape index (κ1) is 19.5. The molecule has 1 unspecified atom stereocenters. The molecule has 0 saturated carbocycles. The second-order valence-electron chi connectivity index (χ2n) is 8.05. The Bertz CT molecular complexity index is 809. The molecule has 1 aromatic heterocycles. The monoisotopic (exact) mass is 369 g/mol. The number of aromatic amines is 1. The summed E-state index contributed by atoms with van der Waals surface area (Å²) in [7, 11) is 0. The molecule has 0 radical (unpaired) electrons. The van der Waals surface area contributed by atoms with Crippen molar-refractivity contribution in [2.75, 3.05) is 13.1 Å². The first-order valence-corrected chi connectivity index (χ1v) is 10.1. The Kier molecular flexibility index (Phi) is 5.88. The standard InChI is InChI=1S/C22H31N3O2/c1-4-17-9-7-8-14-25(17)21(27)22(2,3)20(26)23-13-12-16-15-24-19-11-6-5-10-18(16)19/h5-6,10-11,15,17,24H,4,7-9,12-14H2,1-3H3,(H,23,26). The lowest BCUT2D eigenvalue weighted by Gasteiger charge is -2.39. The molecule has 27 heavy (non-hydrogen) atoms. The van der Waals surface area contributed by atoms with E-state index in [9.17, 15) is 9.59 Å². The number of piperidine rings is 1. The number of fused-ring (bicyclic) bond motifs is 1. The van der Waals surface area contributed by atoms with E-state index in [2.05, 4.69) is 23.3 Å². The quantitative estimate of drug-likeness (QED) is 0.764. The third-order valence-corrected chi connectivity index (χ3v) is 5.82. The molecule has 3 rings (SSSR count). The molecule has 0 bridgehead atoms. The molecule has 2 heterocycles. The molecular formula is C22H31N3O2. The van der Waals surface area contributed by atoms with Crippen molar-refractivity contribution in [1.29, 1.82) is 0 Å². The predicted octanol–water partition coefficient (Wildman–Crippen LogP) is 3.64. The molecule has 1 aromatic carbocycles. The van der Waals surface area contributed by atoms with Gasteiger partial charge >= 0.3 is 0 Å². The van der Waals surface area contributed by atoms with Crippen LogP contribution in [0.5, 0.6) is 0 Å². The minimum atomic E-state index is -1.04. The minimum absolute atomic E-state index is 0.0429. The molecule has 1 saturated heterocycles. The smallest absolute Gasteiger partial charge is 0.237 e. The number of hydrogen-bond donors (Lipinski definition) is 2. The Labute approximate surface area is 161 Å². The average molecular weight is 370 g/mol. The number of rotatable bonds is 6. The van der Waals surface area contributed by atoms with E-state index in [4.69, 9.17) is 0 Å². The molecular weight excluding hydrogens is 338 g/mol. The van der Waals surface area contributed by atoms with Crippen molar-refractivity contribution in [3.8, 4) is 0 Å². The Balaban J connectivity index is 1.59. The van der Waals surface area contributed by atoms with Crippen LogP contribution in [0.2, 0.25) is 0 Å². The number of para-hydroxylation sites is 1. The van der Waals surface area contributed by atoms with Crippen molar-refractivity contribution in [2.45, 2.75) is 58.9 Å². The molecule has 5 heteroatoms. The lowest BCUT2D eigenvalue weighted by atomic mass is 9.87. The van der Waals surface area contributed by atoms with Crippen LogP contribution in [0.25, 0.3) is 10.9 Å². The van der Waals surface area contributed by atoms with Crippen molar-refractivity contribution >= 4 is 22.7 Å². The van der Waals surface area contributed by atoms with E-state index in [1.807, 2.05) is 29.3 Å². The molecule has 1 aliphatic heterocycles. The molecule has 2 N–H and O–H groups in total. The molecule has 0 spiro atoms. The van der Waals surface area contributed by atoms with Crippen LogP contribution in [-0.4, -0.2) is 40.8 Å². The largest absolute Gasteiger partial charge is 0.361 e. The van der Waals surface area contributed by atoms with E-state index in [1.54, 1.807) is 13.8 Å². The number of nitrogens with zero attached hydrogens (tertiary/aromatic N) is 1. The topological polar surface area (TPSA) is 65.2 Å². The molecule has 0 aliphatic carbocycles. The van der Waals surface area contributed by atoms with Crippen LogP contribution >= 0.6 is 0 Å². The summed E-state index contributed by atoms with van der Waals surface area (Å²) in [5.74, 6) is -0.230. The highest BCUT2D eigenvalue weighted by Crippen LogP contribution is 2.27. The molecule has 146 valence electrons. The maximum atomic E-state index is 13.1. The summed E-state index contributed by atoms with van der Waals surface area (Å²) < 4.78 is 0. The molecule has 5 nitrogen and oxygen atoms in total. The average Bonchev–Trinajstić information content (AvgIpc) is 3.10. The summed E-state index contributed by atoms with van der Waals surface area (Å²) in [6.45, 7) is 6.90. The number of hydrogen-bond acceptors (Lipinski definition) is 2. The van der Waals surface area contributed by atoms with Gasteiger partial charge in [-0.3, -0.25) is 9.59 Å². The van der Waals surface area contributed by atoms with Gasteiger partial charge in [-0.05, 0) is 57.6 Å². The van der Waals surface area contributed by atoms with E-state index in [1.165, 1.54) is 17.4 Å². The molecule has 1 atom stereocenters. The van der Waals surface area contributed by atoms with Crippen LogP contribution in [0.15, 0.2) is 30.5 Å². The van der Waals surface area contributed by atoms with Crippen molar-refractivity contribution < 1.29 is 9.59 Å². The lowest BCUT2D eigenvalue weighted by molar-refractivity contribution is -0.151. The highest BCUT2D eigenvalue weighted by Gasteiger charge is 2.41. The van der Waals surface area contributed by atoms with Crippen molar-refractivity contribution in [3.05, 3.63) is 36.0 Å². The minimum Gasteiger partial charge on any atom is -0.361 e. The third-order valence-electron chi connectivity index (χ3n) is 5.82. The number of amides is 2. The van der Waals surface area contributed by atoms with Crippen LogP contribution in [0.1, 0.15) is 52.0 Å². The first-order valence-electron chi connectivity index (χ1n) is 10.1. The molecule has 2 amide bonds. The normalized spacial score (nSPS) is 17.9. The van der Waals surface area contributed by atoms with E-state index >= 15 is 0 Å². The van der Waals surface area contributed by atoms with Crippen LogP contribution in [0.3, 0.4) is 0 Å². The SMILES string of the molecule is CCC1CCCCN1C(=O)C(C)(C)C(=O)NCCc1c[nH]c2ccccc12. The van der Waals surface area contributed by atoms with Gasteiger partial charge in [0.05, 0.1) is 0 Å². The number of H-pyrrole nitrogens is 1. The fraction of sp³-hybridized carbons (Fsp3) is 0.545. The molecule has 2 aromatic rings. The Morgan fingerprint density at radius 2 is 2.04 bits per heavy atom. The van der Waals surface area contributed by atoms with Gasteiger partial charge < -0.3 is 15.2 Å². The summed E-state index contributed by atoms with van der Waals surface area (Å²) in [6, 6.07) is 8.41. The third kappa shape index (κ3) is 4.02. The van der Waals surface area contributed by atoms with Gasteiger partial charge in [0.15, 0.2) is 0 Å². The first-order chi connectivity index (χ1) is 12.9. The molecule has 1 aliphatic rings. The zero-order chi connectivity index (χ0) is 19.4. The number of carbonyl (C=O) groups is 2. The van der Waals surface area contributed by atoms with Crippen LogP contribution in [-0.2, 0) is 16.0 Å². The van der Waals surface area contributed by atoms with Crippen LogP contribution < -0.4 is 5.32 Å². The maximum absolute atomic E-state index is 13.1. The van der Waals surface area contributed by atoms with Crippen LogP contribution in [0.4, 0.5) is 0 Å². The second kappa shape index (κ2) is 8.15. The van der Waals surface area contributed by atoms with Crippen molar-refractivity contribution in [1.82, 2.24) is 15.2 Å². The summed E-state index contributed by atoms with van der Waals surface area (Å²) in [4.78, 5) is 31.0. The number of likely N-dealkylation sites (tertiary alicyclic amines) is 1. The Morgan fingerprint density at radius 1 is 1.26 bits per heavy atom.